The molecule has 0 bridgehead atoms. The first-order chi connectivity index (χ1) is 18.7. The highest BCUT2D eigenvalue weighted by atomic mass is 16.5. The van der Waals surface area contributed by atoms with E-state index in [4.69, 9.17) is 4.74 Å². The van der Waals surface area contributed by atoms with Gasteiger partial charge in [0.05, 0.1) is 12.1 Å². The highest BCUT2D eigenvalue weighted by Crippen LogP contribution is 2.34. The number of hydrogen-bond acceptors (Lipinski definition) is 5. The number of rotatable bonds is 8. The quantitative estimate of drug-likeness (QED) is 0.349. The minimum absolute atomic E-state index is 0.0616. The number of fused-ring (bicyclic) bond motifs is 2. The largest absolute Gasteiger partial charge is 0.494 e. The Morgan fingerprint density at radius 1 is 1.03 bits per heavy atom. The van der Waals surface area contributed by atoms with Crippen LogP contribution in [0.2, 0.25) is 0 Å². The van der Waals surface area contributed by atoms with Gasteiger partial charge < -0.3 is 10.1 Å². The van der Waals surface area contributed by atoms with Gasteiger partial charge >= 0.3 is 0 Å². The molecule has 1 aromatic heterocycles. The molecule has 0 saturated heterocycles. The SMILES string of the molecule is CCOc1ccc(C(C(=O)NC(C)(C)C)N(C(=O)Cn2nnc3ccccc32)c2ccc3c(c2)CCC3)cc1. The van der Waals surface area contributed by atoms with E-state index in [1.807, 2.05) is 82.3 Å². The number of carbonyl (C=O) groups is 2. The second kappa shape index (κ2) is 10.9. The van der Waals surface area contributed by atoms with Crippen molar-refractivity contribution in [2.75, 3.05) is 11.5 Å². The Labute approximate surface area is 229 Å². The van der Waals surface area contributed by atoms with Crippen LogP contribution < -0.4 is 15.0 Å². The van der Waals surface area contributed by atoms with E-state index in [9.17, 15) is 9.59 Å². The van der Waals surface area contributed by atoms with Crippen LogP contribution in [0.25, 0.3) is 11.0 Å². The van der Waals surface area contributed by atoms with Gasteiger partial charge in [0.2, 0.25) is 11.8 Å². The molecule has 1 N–H and O–H groups in total. The standard InChI is InChI=1S/C31H35N5O3/c1-5-39-25-17-14-22(15-18-25)29(30(38)32-31(2,3)4)36(24-16-13-21-9-8-10-23(21)19-24)28(37)20-35-27-12-7-6-11-26(27)33-34-35/h6-7,11-19,29H,5,8-10,20H2,1-4H3,(H,32,38). The molecule has 4 aromatic rings. The van der Waals surface area contributed by atoms with Gasteiger partial charge in [-0.1, -0.05) is 35.5 Å². The van der Waals surface area contributed by atoms with Gasteiger partial charge in [-0.2, -0.15) is 0 Å². The molecule has 1 heterocycles. The Bertz CT molecular complexity index is 1490. The van der Waals surface area contributed by atoms with Crippen LogP contribution in [0, 0.1) is 0 Å². The summed E-state index contributed by atoms with van der Waals surface area (Å²) in [5, 5.41) is 11.6. The normalized spacial score (nSPS) is 13.6. The van der Waals surface area contributed by atoms with Crippen molar-refractivity contribution in [3.63, 3.8) is 0 Å². The first-order valence-corrected chi connectivity index (χ1v) is 13.5. The number of amides is 2. The molecule has 5 rings (SSSR count). The molecule has 0 aliphatic heterocycles. The molecular weight excluding hydrogens is 490 g/mol. The molecule has 8 heteroatoms. The molecule has 202 valence electrons. The molecule has 1 atom stereocenters. The van der Waals surface area contributed by atoms with Crippen LogP contribution >= 0.6 is 0 Å². The first-order valence-electron chi connectivity index (χ1n) is 13.5. The average Bonchev–Trinajstić information content (AvgIpc) is 3.53. The van der Waals surface area contributed by atoms with Crippen LogP contribution in [0.3, 0.4) is 0 Å². The number of hydrogen-bond donors (Lipinski definition) is 1. The summed E-state index contributed by atoms with van der Waals surface area (Å²) in [6.07, 6.45) is 3.08. The maximum atomic E-state index is 14.2. The molecule has 0 saturated carbocycles. The molecule has 0 radical (unpaired) electrons. The highest BCUT2D eigenvalue weighted by Gasteiger charge is 2.35. The smallest absolute Gasteiger partial charge is 0.249 e. The van der Waals surface area contributed by atoms with Crippen LogP contribution in [0.1, 0.15) is 56.8 Å². The summed E-state index contributed by atoms with van der Waals surface area (Å²) in [4.78, 5) is 29.8. The van der Waals surface area contributed by atoms with E-state index in [2.05, 4.69) is 27.8 Å². The topological polar surface area (TPSA) is 89.4 Å². The lowest BCUT2D eigenvalue weighted by Crippen LogP contribution is -2.50. The first kappa shape index (κ1) is 26.4. The third-order valence-corrected chi connectivity index (χ3v) is 6.85. The summed E-state index contributed by atoms with van der Waals surface area (Å²) in [5.41, 5.74) is 4.88. The van der Waals surface area contributed by atoms with Crippen molar-refractivity contribution in [1.82, 2.24) is 20.3 Å². The van der Waals surface area contributed by atoms with Gasteiger partial charge in [-0.15, -0.1) is 5.10 Å². The van der Waals surface area contributed by atoms with E-state index in [1.165, 1.54) is 11.1 Å². The molecule has 3 aromatic carbocycles. The summed E-state index contributed by atoms with van der Waals surface area (Å²) < 4.78 is 7.23. The lowest BCUT2D eigenvalue weighted by molar-refractivity contribution is -0.128. The Kier molecular flexibility index (Phi) is 7.37. The number of aryl methyl sites for hydroxylation is 2. The van der Waals surface area contributed by atoms with E-state index in [-0.39, 0.29) is 18.4 Å². The lowest BCUT2D eigenvalue weighted by atomic mass is 9.99. The maximum absolute atomic E-state index is 14.2. The van der Waals surface area contributed by atoms with Crippen LogP contribution in [-0.4, -0.2) is 39.0 Å². The number of para-hydroxylation sites is 1. The van der Waals surface area contributed by atoms with E-state index >= 15 is 0 Å². The van der Waals surface area contributed by atoms with Gasteiger partial charge in [0, 0.05) is 11.2 Å². The second-order valence-electron chi connectivity index (χ2n) is 10.9. The van der Waals surface area contributed by atoms with Gasteiger partial charge in [-0.3, -0.25) is 14.5 Å². The van der Waals surface area contributed by atoms with E-state index < -0.39 is 11.6 Å². The van der Waals surface area contributed by atoms with Crippen molar-refractivity contribution in [2.45, 2.75) is 65.1 Å². The number of benzene rings is 3. The number of nitrogens with one attached hydrogen (secondary N) is 1. The van der Waals surface area contributed by atoms with Gasteiger partial charge in [-0.05, 0) is 100 Å². The molecule has 1 aliphatic carbocycles. The van der Waals surface area contributed by atoms with Crippen molar-refractivity contribution in [3.05, 3.63) is 83.4 Å². The van der Waals surface area contributed by atoms with Gasteiger partial charge in [-0.25, -0.2) is 4.68 Å². The van der Waals surface area contributed by atoms with Crippen LogP contribution in [0.15, 0.2) is 66.7 Å². The Hall–Kier alpha value is -4.20. The molecule has 1 aliphatic rings. The summed E-state index contributed by atoms with van der Waals surface area (Å²) in [6.45, 7) is 8.21. The molecule has 8 nitrogen and oxygen atoms in total. The molecule has 1 unspecified atom stereocenters. The fourth-order valence-corrected chi connectivity index (χ4v) is 5.15. The summed E-state index contributed by atoms with van der Waals surface area (Å²) in [7, 11) is 0. The number of aromatic nitrogens is 3. The summed E-state index contributed by atoms with van der Waals surface area (Å²) in [5.74, 6) is 0.191. The molecule has 0 fully saturated rings. The van der Waals surface area contributed by atoms with Crippen molar-refractivity contribution in [2.24, 2.45) is 0 Å². The predicted molar refractivity (Wildman–Crippen MR) is 152 cm³/mol. The molecular formula is C31H35N5O3. The van der Waals surface area contributed by atoms with E-state index in [0.717, 1.165) is 24.8 Å². The fourth-order valence-electron chi connectivity index (χ4n) is 5.15. The highest BCUT2D eigenvalue weighted by molar-refractivity contribution is 6.01. The van der Waals surface area contributed by atoms with Gasteiger partial charge in [0.25, 0.3) is 0 Å². The molecule has 0 spiro atoms. The van der Waals surface area contributed by atoms with Crippen molar-refractivity contribution < 1.29 is 14.3 Å². The summed E-state index contributed by atoms with van der Waals surface area (Å²) in [6, 6.07) is 20.1. The van der Waals surface area contributed by atoms with E-state index in [1.54, 1.807) is 9.58 Å². The third kappa shape index (κ3) is 5.79. The Balaban J connectivity index is 1.61. The zero-order valence-electron chi connectivity index (χ0n) is 23.0. The van der Waals surface area contributed by atoms with E-state index in [0.29, 0.717) is 29.1 Å². The molecule has 39 heavy (non-hydrogen) atoms. The zero-order chi connectivity index (χ0) is 27.6. The number of carbonyl (C=O) groups excluding carboxylic acids is 2. The predicted octanol–water partition coefficient (Wildman–Crippen LogP) is 5.01. The maximum Gasteiger partial charge on any atom is 0.249 e. The van der Waals surface area contributed by atoms with Crippen LogP contribution in [0.4, 0.5) is 5.69 Å². The minimum Gasteiger partial charge on any atom is -0.494 e. The van der Waals surface area contributed by atoms with Gasteiger partial charge in [0.15, 0.2) is 0 Å². The minimum atomic E-state index is -0.901. The Morgan fingerprint density at radius 3 is 2.51 bits per heavy atom. The lowest BCUT2D eigenvalue weighted by Gasteiger charge is -2.34. The number of nitrogens with zero attached hydrogens (tertiary/aromatic N) is 4. The van der Waals surface area contributed by atoms with Crippen molar-refractivity contribution >= 4 is 28.5 Å². The Morgan fingerprint density at radius 2 is 1.77 bits per heavy atom. The second-order valence-corrected chi connectivity index (χ2v) is 10.9. The van der Waals surface area contributed by atoms with Crippen molar-refractivity contribution in [3.8, 4) is 5.75 Å². The average molecular weight is 526 g/mol. The van der Waals surface area contributed by atoms with Crippen molar-refractivity contribution in [1.29, 1.82) is 0 Å². The monoisotopic (exact) mass is 525 g/mol. The zero-order valence-corrected chi connectivity index (χ0v) is 23.0. The van der Waals surface area contributed by atoms with Crippen LogP contribution in [0.5, 0.6) is 5.75 Å². The molecule has 2 amide bonds. The number of anilines is 1. The summed E-state index contributed by atoms with van der Waals surface area (Å²) >= 11 is 0. The van der Waals surface area contributed by atoms with Gasteiger partial charge in [0.1, 0.15) is 23.9 Å². The third-order valence-electron chi connectivity index (χ3n) is 6.85. The fraction of sp³-hybridized carbons (Fsp3) is 0.355. The van der Waals surface area contributed by atoms with Crippen LogP contribution in [-0.2, 0) is 29.0 Å². The number of ether oxygens (including phenoxy) is 1.